The van der Waals surface area contributed by atoms with Crippen molar-refractivity contribution in [2.45, 2.75) is 95.3 Å². The molecule has 0 amide bonds. The second kappa shape index (κ2) is 11.8. The van der Waals surface area contributed by atoms with Gasteiger partial charge in [0, 0.05) is 42.0 Å². The van der Waals surface area contributed by atoms with Gasteiger partial charge >= 0.3 is 0 Å². The maximum absolute atomic E-state index is 6.36. The average molecular weight is 561 g/mol. The van der Waals surface area contributed by atoms with E-state index in [1.807, 2.05) is 29.0 Å². The molecule has 4 heterocycles. The van der Waals surface area contributed by atoms with Crippen molar-refractivity contribution in [1.29, 1.82) is 0 Å². The number of nitrogens with two attached hydrogens (primary N) is 1. The topological polar surface area (TPSA) is 131 Å². The second-order valence-corrected chi connectivity index (χ2v) is 12.5. The molecule has 11 heteroatoms. The van der Waals surface area contributed by atoms with Crippen LogP contribution >= 0.6 is 11.3 Å². The lowest BCUT2D eigenvalue weighted by atomic mass is 9.86. The van der Waals surface area contributed by atoms with E-state index in [-0.39, 0.29) is 18.1 Å². The lowest BCUT2D eigenvalue weighted by molar-refractivity contribution is 0.357. The van der Waals surface area contributed by atoms with Crippen LogP contribution in [-0.2, 0) is 0 Å². The summed E-state index contributed by atoms with van der Waals surface area (Å²) in [5.41, 5.74) is 11.0. The minimum absolute atomic E-state index is 0.125. The fourth-order valence-corrected chi connectivity index (χ4v) is 7.04. The summed E-state index contributed by atoms with van der Waals surface area (Å²) >= 11 is 1.70. The molecule has 5 N–H and O–H groups in total. The van der Waals surface area contributed by atoms with Gasteiger partial charge in [-0.2, -0.15) is 0 Å². The van der Waals surface area contributed by atoms with Gasteiger partial charge in [-0.25, -0.2) is 9.50 Å². The van der Waals surface area contributed by atoms with Crippen LogP contribution in [0.2, 0.25) is 0 Å². The van der Waals surface area contributed by atoms with Crippen LogP contribution in [0.5, 0.6) is 0 Å². The number of nitrogens with one attached hydrogen (secondary N) is 3. The predicted molar refractivity (Wildman–Crippen MR) is 162 cm³/mol. The molecule has 0 spiro atoms. The maximum atomic E-state index is 6.36. The molecule has 212 valence electrons. The third-order valence-electron chi connectivity index (χ3n) is 8.30. The average Bonchev–Trinajstić information content (AvgIpc) is 3.62. The minimum atomic E-state index is 0.125. The maximum Gasteiger partial charge on any atom is 0.241 e. The van der Waals surface area contributed by atoms with E-state index in [2.05, 4.69) is 58.1 Å². The highest BCUT2D eigenvalue weighted by Crippen LogP contribution is 2.39. The highest BCUT2D eigenvalue weighted by Gasteiger charge is 2.26. The number of fused-ring (bicyclic) bond motifs is 1. The Balaban J connectivity index is 1.29. The molecule has 40 heavy (non-hydrogen) atoms. The molecule has 2 aliphatic carbocycles. The van der Waals surface area contributed by atoms with Gasteiger partial charge < -0.3 is 21.7 Å². The normalized spacial score (nSPS) is 23.5. The van der Waals surface area contributed by atoms with Crippen molar-refractivity contribution in [1.82, 2.24) is 35.1 Å². The zero-order valence-corrected chi connectivity index (χ0v) is 24.4. The van der Waals surface area contributed by atoms with Crippen molar-refractivity contribution in [3.8, 4) is 22.0 Å². The first kappa shape index (κ1) is 27.0. The highest BCUT2D eigenvalue weighted by molar-refractivity contribution is 7.14. The summed E-state index contributed by atoms with van der Waals surface area (Å²) in [6, 6.07) is 7.36. The van der Waals surface area contributed by atoms with Gasteiger partial charge in [-0.05, 0) is 77.6 Å². The number of aromatic nitrogens is 6. The Morgan fingerprint density at radius 2 is 1.82 bits per heavy atom. The van der Waals surface area contributed by atoms with E-state index in [1.54, 1.807) is 11.3 Å². The molecule has 4 aromatic heterocycles. The summed E-state index contributed by atoms with van der Waals surface area (Å²) in [4.78, 5) is 9.44. The van der Waals surface area contributed by atoms with Gasteiger partial charge in [0.25, 0.3) is 0 Å². The highest BCUT2D eigenvalue weighted by atomic mass is 32.1. The molecule has 0 radical (unpaired) electrons. The van der Waals surface area contributed by atoms with Gasteiger partial charge in [-0.1, -0.05) is 24.2 Å². The van der Waals surface area contributed by atoms with Crippen LogP contribution in [0.4, 0.5) is 11.6 Å². The largest absolute Gasteiger partial charge is 0.382 e. The van der Waals surface area contributed by atoms with E-state index < -0.39 is 0 Å². The third-order valence-corrected chi connectivity index (χ3v) is 9.42. The zero-order chi connectivity index (χ0) is 27.6. The number of hydrogen-bond donors (Lipinski definition) is 4. The number of hydrogen-bond acceptors (Lipinski definition) is 10. The van der Waals surface area contributed by atoms with Gasteiger partial charge in [0.15, 0.2) is 5.01 Å². The van der Waals surface area contributed by atoms with Crippen molar-refractivity contribution >= 4 is 28.5 Å². The summed E-state index contributed by atoms with van der Waals surface area (Å²) in [5.74, 6) is 1.08. The molecule has 0 saturated heterocycles. The lowest BCUT2D eigenvalue weighted by Crippen LogP contribution is -2.43. The first-order valence-electron chi connectivity index (χ1n) is 14.6. The third kappa shape index (κ3) is 5.68. The van der Waals surface area contributed by atoms with E-state index in [4.69, 9.17) is 15.8 Å². The fraction of sp³-hybridized carbons (Fsp3) is 0.552. The van der Waals surface area contributed by atoms with Crippen LogP contribution in [0.15, 0.2) is 30.6 Å². The quantitative estimate of drug-likeness (QED) is 0.234. The summed E-state index contributed by atoms with van der Waals surface area (Å²) in [5, 5.41) is 26.6. The van der Waals surface area contributed by atoms with Gasteiger partial charge in [0.1, 0.15) is 5.01 Å². The molecule has 0 aliphatic heterocycles. The van der Waals surface area contributed by atoms with E-state index >= 15 is 0 Å². The smallest absolute Gasteiger partial charge is 0.241 e. The van der Waals surface area contributed by atoms with Crippen LogP contribution < -0.4 is 21.7 Å². The van der Waals surface area contributed by atoms with E-state index in [1.165, 1.54) is 25.7 Å². The first-order valence-corrected chi connectivity index (χ1v) is 15.4. The fourth-order valence-electron chi connectivity index (χ4n) is 6.00. The van der Waals surface area contributed by atoms with Gasteiger partial charge in [0.05, 0.1) is 28.7 Å². The second-order valence-electron chi connectivity index (χ2n) is 11.5. The molecule has 10 nitrogen and oxygen atoms in total. The standard InChI is InChI=1S/C29H40N10S/c1-17(2)34-24-14-25(32-16-21(24)28-37-36-27(40-28)18-8-10-19(31-3)11-9-18)26-13-12-20-15-33-29(38-39(20)26)35-23-7-5-4-6-22(23)30/h12-19,22-23,31H,4-11,30H2,1-3H3,(H,32,34)(H,35,38). The molecule has 2 saturated carbocycles. The molecular formula is C29H40N10S. The number of nitrogens with zero attached hydrogens (tertiary/aromatic N) is 6. The Hall–Kier alpha value is -3.15. The lowest BCUT2D eigenvalue weighted by Gasteiger charge is -2.29. The Bertz CT molecular complexity index is 1440. The molecular weight excluding hydrogens is 520 g/mol. The molecule has 2 fully saturated rings. The molecule has 2 atom stereocenters. The minimum Gasteiger partial charge on any atom is -0.382 e. The Morgan fingerprint density at radius 3 is 2.60 bits per heavy atom. The van der Waals surface area contributed by atoms with Crippen LogP contribution in [0.25, 0.3) is 27.5 Å². The summed E-state index contributed by atoms with van der Waals surface area (Å²) in [7, 11) is 2.06. The molecule has 4 aromatic rings. The predicted octanol–water partition coefficient (Wildman–Crippen LogP) is 5.06. The van der Waals surface area contributed by atoms with E-state index in [9.17, 15) is 0 Å². The monoisotopic (exact) mass is 560 g/mol. The first-order chi connectivity index (χ1) is 19.5. The van der Waals surface area contributed by atoms with Gasteiger partial charge in [-0.3, -0.25) is 4.98 Å². The van der Waals surface area contributed by atoms with Gasteiger partial charge in [0.2, 0.25) is 5.95 Å². The SMILES string of the molecule is CNC1CCC(c2nnc(-c3cnc(-c4ccc5cnc(NC6CCCCC6N)nn45)cc3NC(C)C)s2)CC1. The van der Waals surface area contributed by atoms with Crippen molar-refractivity contribution in [2.24, 2.45) is 5.73 Å². The molecule has 0 aromatic carbocycles. The van der Waals surface area contributed by atoms with Crippen LogP contribution in [-0.4, -0.2) is 61.0 Å². The van der Waals surface area contributed by atoms with Crippen LogP contribution in [0.1, 0.15) is 76.1 Å². The van der Waals surface area contributed by atoms with E-state index in [0.717, 1.165) is 63.9 Å². The molecule has 2 unspecified atom stereocenters. The number of rotatable bonds is 8. The van der Waals surface area contributed by atoms with Crippen LogP contribution in [0.3, 0.4) is 0 Å². The summed E-state index contributed by atoms with van der Waals surface area (Å²) in [6.45, 7) is 4.28. The van der Waals surface area contributed by atoms with Crippen molar-refractivity contribution < 1.29 is 0 Å². The molecule has 0 bridgehead atoms. The zero-order valence-electron chi connectivity index (χ0n) is 23.6. The van der Waals surface area contributed by atoms with Crippen molar-refractivity contribution in [3.63, 3.8) is 0 Å². The summed E-state index contributed by atoms with van der Waals surface area (Å²) < 4.78 is 1.91. The van der Waals surface area contributed by atoms with E-state index in [0.29, 0.717) is 17.9 Å². The van der Waals surface area contributed by atoms with Crippen molar-refractivity contribution in [2.75, 3.05) is 17.7 Å². The van der Waals surface area contributed by atoms with Crippen molar-refractivity contribution in [3.05, 3.63) is 35.6 Å². The Labute approximate surface area is 239 Å². The number of pyridine rings is 1. The van der Waals surface area contributed by atoms with Gasteiger partial charge in [-0.15, -0.1) is 15.3 Å². The Morgan fingerprint density at radius 1 is 1.00 bits per heavy atom. The molecule has 2 aliphatic rings. The molecule has 6 rings (SSSR count). The summed E-state index contributed by atoms with van der Waals surface area (Å²) in [6.07, 6.45) is 12.9. The van der Waals surface area contributed by atoms with Crippen LogP contribution in [0, 0.1) is 0 Å². The Kier molecular flexibility index (Phi) is 7.95. The number of anilines is 2.